The zero-order chi connectivity index (χ0) is 16.5. The second-order valence-electron chi connectivity index (χ2n) is 5.28. The van der Waals surface area contributed by atoms with Crippen LogP contribution in [0, 0.1) is 6.92 Å². The van der Waals surface area contributed by atoms with Crippen molar-refractivity contribution in [2.75, 3.05) is 0 Å². The molecule has 8 heteroatoms. The first-order chi connectivity index (χ1) is 11.7. The molecule has 0 saturated heterocycles. The second-order valence-corrected chi connectivity index (χ2v) is 7.24. The predicted molar refractivity (Wildman–Crippen MR) is 93.2 cm³/mol. The number of aryl methyl sites for hydroxylation is 1. The standard InChI is InChI=1S/C16H14N4O2S2/c1-10-13(24-15(18-10)12-3-2-5-22-12)8-17-14(21)7-11-9-20-4-6-23-16(20)19-11/h2-6,9H,7-8H2,1H3,(H,17,21). The average molecular weight is 358 g/mol. The number of thiazole rings is 2. The molecule has 0 saturated carbocycles. The van der Waals surface area contributed by atoms with E-state index >= 15 is 0 Å². The highest BCUT2D eigenvalue weighted by Crippen LogP contribution is 2.28. The summed E-state index contributed by atoms with van der Waals surface area (Å²) in [6, 6.07) is 3.72. The number of rotatable bonds is 5. The molecule has 0 fully saturated rings. The molecule has 0 bridgehead atoms. The molecule has 0 atom stereocenters. The van der Waals surface area contributed by atoms with Crippen molar-refractivity contribution in [2.45, 2.75) is 19.9 Å². The summed E-state index contributed by atoms with van der Waals surface area (Å²) >= 11 is 3.09. The molecule has 1 amide bonds. The number of hydrogen-bond acceptors (Lipinski definition) is 6. The minimum absolute atomic E-state index is 0.0481. The minimum atomic E-state index is -0.0481. The van der Waals surface area contributed by atoms with E-state index in [1.54, 1.807) is 17.6 Å². The Morgan fingerprint density at radius 1 is 1.42 bits per heavy atom. The van der Waals surface area contributed by atoms with Crippen LogP contribution in [0.15, 0.2) is 40.6 Å². The fraction of sp³-hybridized carbons (Fsp3) is 0.188. The number of furan rings is 1. The summed E-state index contributed by atoms with van der Waals surface area (Å²) in [5.41, 5.74) is 1.69. The lowest BCUT2D eigenvalue weighted by molar-refractivity contribution is -0.120. The molecule has 1 N–H and O–H groups in total. The number of carbonyl (C=O) groups excluding carboxylic acids is 1. The molecule has 0 aromatic carbocycles. The van der Waals surface area contributed by atoms with Crippen LogP contribution in [0.5, 0.6) is 0 Å². The van der Waals surface area contributed by atoms with E-state index in [1.807, 2.05) is 41.2 Å². The summed E-state index contributed by atoms with van der Waals surface area (Å²) in [6.07, 6.45) is 5.73. The number of amides is 1. The van der Waals surface area contributed by atoms with E-state index in [-0.39, 0.29) is 12.3 Å². The molecule has 6 nitrogen and oxygen atoms in total. The summed E-state index contributed by atoms with van der Waals surface area (Å²) in [5.74, 6) is 0.701. The second kappa shape index (κ2) is 6.21. The number of nitrogens with one attached hydrogen (secondary N) is 1. The number of aromatic nitrogens is 3. The molecular weight excluding hydrogens is 344 g/mol. The van der Waals surface area contributed by atoms with Crippen molar-refractivity contribution in [3.8, 4) is 10.8 Å². The molecule has 4 heterocycles. The zero-order valence-corrected chi connectivity index (χ0v) is 14.5. The molecule has 0 aliphatic heterocycles. The SMILES string of the molecule is Cc1nc(-c2ccco2)sc1CNC(=O)Cc1cn2ccsc2n1. The van der Waals surface area contributed by atoms with Gasteiger partial charge in [-0.3, -0.25) is 9.20 Å². The average Bonchev–Trinajstić information content (AvgIpc) is 3.29. The van der Waals surface area contributed by atoms with E-state index in [9.17, 15) is 4.79 Å². The van der Waals surface area contributed by atoms with Gasteiger partial charge < -0.3 is 9.73 Å². The normalized spacial score (nSPS) is 11.2. The van der Waals surface area contributed by atoms with Gasteiger partial charge in [-0.25, -0.2) is 9.97 Å². The van der Waals surface area contributed by atoms with Crippen molar-refractivity contribution in [2.24, 2.45) is 0 Å². The first kappa shape index (κ1) is 15.1. The molecule has 0 radical (unpaired) electrons. The molecule has 4 rings (SSSR count). The molecule has 4 aromatic heterocycles. The first-order valence-corrected chi connectivity index (χ1v) is 9.06. The van der Waals surface area contributed by atoms with E-state index in [1.165, 1.54) is 11.3 Å². The van der Waals surface area contributed by atoms with Crippen molar-refractivity contribution in [3.05, 3.63) is 52.4 Å². The van der Waals surface area contributed by atoms with Crippen molar-refractivity contribution >= 4 is 33.5 Å². The van der Waals surface area contributed by atoms with Gasteiger partial charge in [-0.2, -0.15) is 0 Å². The zero-order valence-electron chi connectivity index (χ0n) is 12.9. The lowest BCUT2D eigenvalue weighted by Crippen LogP contribution is -2.24. The van der Waals surface area contributed by atoms with Gasteiger partial charge >= 0.3 is 0 Å². The van der Waals surface area contributed by atoms with E-state index < -0.39 is 0 Å². The Morgan fingerprint density at radius 3 is 3.12 bits per heavy atom. The van der Waals surface area contributed by atoms with Gasteiger partial charge in [0.15, 0.2) is 15.7 Å². The summed E-state index contributed by atoms with van der Waals surface area (Å²) in [4.78, 5) is 23.0. The van der Waals surface area contributed by atoms with Gasteiger partial charge in [-0.15, -0.1) is 22.7 Å². The van der Waals surface area contributed by atoms with Gasteiger partial charge in [0.2, 0.25) is 5.91 Å². The Balaban J connectivity index is 1.39. The maximum absolute atomic E-state index is 12.1. The topological polar surface area (TPSA) is 72.4 Å². The molecule has 0 aliphatic carbocycles. The summed E-state index contributed by atoms with van der Waals surface area (Å²) in [7, 11) is 0. The van der Waals surface area contributed by atoms with Crippen LogP contribution in [-0.4, -0.2) is 20.3 Å². The van der Waals surface area contributed by atoms with Crippen LogP contribution in [0.2, 0.25) is 0 Å². The molecular formula is C16H14N4O2S2. The third-order valence-corrected chi connectivity index (χ3v) is 5.50. The molecule has 0 spiro atoms. The maximum Gasteiger partial charge on any atom is 0.226 e. The van der Waals surface area contributed by atoms with E-state index in [0.717, 1.165) is 32.0 Å². The number of hydrogen-bond donors (Lipinski definition) is 1. The molecule has 122 valence electrons. The van der Waals surface area contributed by atoms with E-state index in [2.05, 4.69) is 15.3 Å². The van der Waals surface area contributed by atoms with Crippen LogP contribution in [-0.2, 0) is 17.8 Å². The van der Waals surface area contributed by atoms with E-state index in [0.29, 0.717) is 6.54 Å². The highest BCUT2D eigenvalue weighted by molar-refractivity contribution is 7.15. The third-order valence-electron chi connectivity index (χ3n) is 3.56. The van der Waals surface area contributed by atoms with Crippen LogP contribution in [0.3, 0.4) is 0 Å². The van der Waals surface area contributed by atoms with Crippen LogP contribution in [0.1, 0.15) is 16.3 Å². The number of imidazole rings is 1. The Bertz CT molecular complexity index is 953. The minimum Gasteiger partial charge on any atom is -0.462 e. The van der Waals surface area contributed by atoms with Gasteiger partial charge in [0.1, 0.15) is 0 Å². The molecule has 4 aromatic rings. The smallest absolute Gasteiger partial charge is 0.226 e. The summed E-state index contributed by atoms with van der Waals surface area (Å²) in [5, 5.41) is 5.74. The van der Waals surface area contributed by atoms with Crippen molar-refractivity contribution < 1.29 is 9.21 Å². The highest BCUT2D eigenvalue weighted by Gasteiger charge is 2.13. The van der Waals surface area contributed by atoms with Crippen LogP contribution in [0.4, 0.5) is 0 Å². The van der Waals surface area contributed by atoms with Gasteiger partial charge in [0.25, 0.3) is 0 Å². The Hall–Kier alpha value is -2.45. The predicted octanol–water partition coefficient (Wildman–Crippen LogP) is 3.28. The lowest BCUT2D eigenvalue weighted by Gasteiger charge is -2.02. The van der Waals surface area contributed by atoms with Gasteiger partial charge in [0.05, 0.1) is 30.6 Å². The summed E-state index contributed by atoms with van der Waals surface area (Å²) < 4.78 is 7.29. The highest BCUT2D eigenvalue weighted by atomic mass is 32.1. The Kier molecular flexibility index (Phi) is 3.91. The Morgan fingerprint density at radius 2 is 2.33 bits per heavy atom. The van der Waals surface area contributed by atoms with Crippen molar-refractivity contribution in [1.29, 1.82) is 0 Å². The fourth-order valence-corrected chi connectivity index (χ4v) is 4.05. The van der Waals surface area contributed by atoms with Gasteiger partial charge in [0, 0.05) is 22.7 Å². The van der Waals surface area contributed by atoms with E-state index in [4.69, 9.17) is 4.42 Å². The van der Waals surface area contributed by atoms with Gasteiger partial charge in [-0.05, 0) is 19.1 Å². The summed E-state index contributed by atoms with van der Waals surface area (Å²) in [6.45, 7) is 2.40. The quantitative estimate of drug-likeness (QED) is 0.594. The van der Waals surface area contributed by atoms with Crippen molar-refractivity contribution in [1.82, 2.24) is 19.7 Å². The number of carbonyl (C=O) groups is 1. The molecule has 24 heavy (non-hydrogen) atoms. The molecule has 0 unspecified atom stereocenters. The van der Waals surface area contributed by atoms with Crippen LogP contribution >= 0.6 is 22.7 Å². The molecule has 0 aliphatic rings. The lowest BCUT2D eigenvalue weighted by atomic mass is 10.3. The monoisotopic (exact) mass is 358 g/mol. The first-order valence-electron chi connectivity index (χ1n) is 7.37. The maximum atomic E-state index is 12.1. The number of fused-ring (bicyclic) bond motifs is 1. The van der Waals surface area contributed by atoms with Crippen molar-refractivity contribution in [3.63, 3.8) is 0 Å². The van der Waals surface area contributed by atoms with Gasteiger partial charge in [-0.1, -0.05) is 0 Å². The fourth-order valence-electron chi connectivity index (χ4n) is 2.36. The third kappa shape index (κ3) is 2.98. The van der Waals surface area contributed by atoms with Crippen LogP contribution in [0.25, 0.3) is 15.7 Å². The number of nitrogens with zero attached hydrogens (tertiary/aromatic N) is 3. The Labute approximate surface area is 145 Å². The van der Waals surface area contributed by atoms with Crippen LogP contribution < -0.4 is 5.32 Å². The largest absolute Gasteiger partial charge is 0.462 e.